The third-order valence-corrected chi connectivity index (χ3v) is 3.81. The second-order valence-corrected chi connectivity index (χ2v) is 5.86. The lowest BCUT2D eigenvalue weighted by Crippen LogP contribution is -1.88. The van der Waals surface area contributed by atoms with Gasteiger partial charge in [-0.25, -0.2) is 0 Å². The molecule has 0 fully saturated rings. The third-order valence-electron chi connectivity index (χ3n) is 2.78. The van der Waals surface area contributed by atoms with Crippen LogP contribution < -0.4 is 5.30 Å². The Bertz CT molecular complexity index is 627. The van der Waals surface area contributed by atoms with Crippen LogP contribution in [0.5, 0.6) is 0 Å². The van der Waals surface area contributed by atoms with Gasteiger partial charge in [0.1, 0.15) is 0 Å². The van der Waals surface area contributed by atoms with E-state index >= 15 is 0 Å². The zero-order chi connectivity index (χ0) is 11.1. The minimum absolute atomic E-state index is 1.23. The molecule has 2 heteroatoms. The number of hydrogen-bond donors (Lipinski definition) is 0. The maximum Gasteiger partial charge on any atom is 0.0136 e. The van der Waals surface area contributed by atoms with Gasteiger partial charge in [0.05, 0.1) is 0 Å². The van der Waals surface area contributed by atoms with E-state index in [1.165, 1.54) is 30.4 Å². The fourth-order valence-electron chi connectivity index (χ4n) is 1.99. The van der Waals surface area contributed by atoms with Gasteiger partial charge in [-0.3, -0.25) is 0 Å². The first-order valence-corrected chi connectivity index (χ1v) is 6.76. The van der Waals surface area contributed by atoms with Gasteiger partial charge in [-0.1, -0.05) is 18.2 Å². The molecule has 0 heterocycles. The molecule has 0 amide bonds. The Morgan fingerprint density at radius 1 is 0.688 bits per heavy atom. The molecule has 0 spiro atoms. The van der Waals surface area contributed by atoms with Crippen molar-refractivity contribution in [1.29, 1.82) is 0 Å². The fourth-order valence-corrected chi connectivity index (χ4v) is 2.78. The van der Waals surface area contributed by atoms with E-state index in [0.29, 0.717) is 0 Å². The van der Waals surface area contributed by atoms with Gasteiger partial charge in [0.25, 0.3) is 0 Å². The van der Waals surface area contributed by atoms with E-state index in [4.69, 9.17) is 0 Å². The summed E-state index contributed by atoms with van der Waals surface area (Å²) >= 11 is 2.35. The lowest BCUT2D eigenvalue weighted by atomic mass is 10.0. The summed E-state index contributed by atoms with van der Waals surface area (Å²) in [5, 5.41) is 6.47. The van der Waals surface area contributed by atoms with Crippen LogP contribution in [-0.2, 0) is 0 Å². The molecule has 3 rings (SSSR count). The number of benzene rings is 3. The van der Waals surface area contributed by atoms with E-state index in [2.05, 4.69) is 80.4 Å². The lowest BCUT2D eigenvalue weighted by Gasteiger charge is -2.03. The normalized spacial score (nSPS) is 11.1. The zero-order valence-electron chi connectivity index (χ0n) is 8.57. The highest BCUT2D eigenvalue weighted by atomic mass is 127. The summed E-state index contributed by atoms with van der Waals surface area (Å²) in [4.78, 5) is 0. The Balaban J connectivity index is 2.44. The maximum absolute atomic E-state index is 2.75. The predicted octanol–water partition coefficient (Wildman–Crippen LogP) is 4.10. The van der Waals surface area contributed by atoms with Gasteiger partial charge >= 0.3 is 0 Å². The number of rotatable bonds is 0. The van der Waals surface area contributed by atoms with Crippen LogP contribution in [0.15, 0.2) is 48.5 Å². The summed E-state index contributed by atoms with van der Waals surface area (Å²) < 4.78 is 1.28. The molecular formula is C14H10IP. The summed E-state index contributed by atoms with van der Waals surface area (Å²) in [5.41, 5.74) is 0. The molecule has 78 valence electrons. The van der Waals surface area contributed by atoms with Crippen molar-refractivity contribution in [3.8, 4) is 0 Å². The summed E-state index contributed by atoms with van der Waals surface area (Å²) in [5.74, 6) is 0. The Hall–Kier alpha value is -0.660. The van der Waals surface area contributed by atoms with Gasteiger partial charge in [-0.2, -0.15) is 0 Å². The smallest absolute Gasteiger partial charge is 0.0136 e. The monoisotopic (exact) mass is 336 g/mol. The summed E-state index contributed by atoms with van der Waals surface area (Å²) in [6.07, 6.45) is 0. The van der Waals surface area contributed by atoms with Crippen molar-refractivity contribution in [1.82, 2.24) is 0 Å². The van der Waals surface area contributed by atoms with Gasteiger partial charge in [0, 0.05) is 3.57 Å². The second kappa shape index (κ2) is 3.97. The molecule has 0 saturated heterocycles. The average Bonchev–Trinajstić information content (AvgIpc) is 2.26. The van der Waals surface area contributed by atoms with Crippen LogP contribution in [-0.4, -0.2) is 0 Å². The van der Waals surface area contributed by atoms with Gasteiger partial charge in [-0.15, -0.1) is 9.24 Å². The van der Waals surface area contributed by atoms with Crippen LogP contribution in [0.3, 0.4) is 0 Å². The molecule has 0 aliphatic heterocycles. The molecule has 16 heavy (non-hydrogen) atoms. The van der Waals surface area contributed by atoms with Crippen molar-refractivity contribution >= 4 is 58.7 Å². The van der Waals surface area contributed by atoms with E-state index in [0.717, 1.165) is 0 Å². The van der Waals surface area contributed by atoms with Gasteiger partial charge in [0.2, 0.25) is 0 Å². The first-order valence-electron chi connectivity index (χ1n) is 5.11. The largest absolute Gasteiger partial charge is 0.106 e. The van der Waals surface area contributed by atoms with Crippen LogP contribution in [0, 0.1) is 3.57 Å². The first-order chi connectivity index (χ1) is 7.72. The van der Waals surface area contributed by atoms with Crippen molar-refractivity contribution in [2.24, 2.45) is 0 Å². The minimum atomic E-state index is 1.23. The molecule has 0 saturated carbocycles. The SMILES string of the molecule is Pc1ccc2cc3cc(I)ccc3cc2c1. The first kappa shape index (κ1) is 10.5. The molecule has 0 N–H and O–H groups in total. The van der Waals surface area contributed by atoms with Crippen LogP contribution in [0.2, 0.25) is 0 Å². The van der Waals surface area contributed by atoms with Crippen LogP contribution >= 0.6 is 31.8 Å². The Kier molecular flexibility index (Phi) is 2.61. The molecular weight excluding hydrogens is 326 g/mol. The molecule has 1 atom stereocenters. The molecule has 0 aliphatic carbocycles. The van der Waals surface area contributed by atoms with Crippen molar-refractivity contribution in [3.63, 3.8) is 0 Å². The molecule has 1 unspecified atom stereocenters. The van der Waals surface area contributed by atoms with Crippen molar-refractivity contribution in [2.75, 3.05) is 0 Å². The quantitative estimate of drug-likeness (QED) is 0.329. The van der Waals surface area contributed by atoms with E-state index in [9.17, 15) is 0 Å². The fraction of sp³-hybridized carbons (Fsp3) is 0. The maximum atomic E-state index is 2.75. The van der Waals surface area contributed by atoms with E-state index in [1.54, 1.807) is 0 Å². The summed E-state index contributed by atoms with van der Waals surface area (Å²) in [6.45, 7) is 0. The molecule has 0 radical (unpaired) electrons. The Morgan fingerprint density at radius 3 is 2.06 bits per heavy atom. The molecule has 0 aromatic heterocycles. The molecule has 3 aromatic rings. The molecule has 3 aromatic carbocycles. The van der Waals surface area contributed by atoms with Crippen molar-refractivity contribution < 1.29 is 0 Å². The predicted molar refractivity (Wildman–Crippen MR) is 83.5 cm³/mol. The minimum Gasteiger partial charge on any atom is -0.106 e. The van der Waals surface area contributed by atoms with Crippen LogP contribution in [0.25, 0.3) is 21.5 Å². The number of halogens is 1. The molecule has 0 bridgehead atoms. The van der Waals surface area contributed by atoms with Gasteiger partial charge in [0.15, 0.2) is 0 Å². The summed E-state index contributed by atoms with van der Waals surface area (Å²) in [7, 11) is 2.75. The van der Waals surface area contributed by atoms with Gasteiger partial charge in [-0.05, 0) is 79.8 Å². The van der Waals surface area contributed by atoms with Gasteiger partial charge < -0.3 is 0 Å². The molecule has 0 nitrogen and oxygen atoms in total. The Morgan fingerprint density at radius 2 is 1.31 bits per heavy atom. The van der Waals surface area contributed by atoms with Crippen molar-refractivity contribution in [2.45, 2.75) is 0 Å². The standard InChI is InChI=1S/C14H10IP/c15-13-3-1-9-6-12-8-14(16)4-2-10(12)5-11(9)7-13/h1-8H,16H2. The lowest BCUT2D eigenvalue weighted by molar-refractivity contribution is 1.72. The third kappa shape index (κ3) is 1.83. The highest BCUT2D eigenvalue weighted by Gasteiger charge is 1.99. The Labute approximate surface area is 110 Å². The molecule has 0 aliphatic rings. The van der Waals surface area contributed by atoms with E-state index < -0.39 is 0 Å². The average molecular weight is 336 g/mol. The highest BCUT2D eigenvalue weighted by molar-refractivity contribution is 14.1. The van der Waals surface area contributed by atoms with E-state index in [-0.39, 0.29) is 0 Å². The number of fused-ring (bicyclic) bond motifs is 2. The van der Waals surface area contributed by atoms with Crippen LogP contribution in [0.4, 0.5) is 0 Å². The summed E-state index contributed by atoms with van der Waals surface area (Å²) in [6, 6.07) is 17.6. The zero-order valence-corrected chi connectivity index (χ0v) is 11.9. The topological polar surface area (TPSA) is 0 Å². The second-order valence-electron chi connectivity index (χ2n) is 3.95. The highest BCUT2D eigenvalue weighted by Crippen LogP contribution is 2.24. The van der Waals surface area contributed by atoms with Crippen LogP contribution in [0.1, 0.15) is 0 Å². The van der Waals surface area contributed by atoms with Crippen molar-refractivity contribution in [3.05, 3.63) is 52.1 Å². The van der Waals surface area contributed by atoms with E-state index in [1.807, 2.05) is 0 Å². The number of hydrogen-bond acceptors (Lipinski definition) is 0.